The minimum absolute atomic E-state index is 0.177. The summed E-state index contributed by atoms with van der Waals surface area (Å²) in [7, 11) is 0. The molecule has 112 valence electrons. The number of hydrogen-bond donors (Lipinski definition) is 1. The molecular weight excluding hydrogens is 268 g/mol. The van der Waals surface area contributed by atoms with E-state index in [-0.39, 0.29) is 11.9 Å². The van der Waals surface area contributed by atoms with Crippen molar-refractivity contribution in [3.8, 4) is 0 Å². The molecule has 21 heavy (non-hydrogen) atoms. The average Bonchev–Trinajstić information content (AvgIpc) is 2.93. The van der Waals surface area contributed by atoms with Crippen LogP contribution in [0.2, 0.25) is 0 Å². The van der Waals surface area contributed by atoms with Crippen LogP contribution in [0.15, 0.2) is 24.3 Å². The van der Waals surface area contributed by atoms with E-state index in [9.17, 15) is 14.7 Å². The second-order valence-corrected chi connectivity index (χ2v) is 5.90. The third-order valence-electron chi connectivity index (χ3n) is 4.63. The molecule has 0 spiro atoms. The Balaban J connectivity index is 1.81. The Bertz CT molecular complexity index is 572. The lowest BCUT2D eigenvalue weighted by molar-refractivity contribution is -0.143. The highest BCUT2D eigenvalue weighted by Crippen LogP contribution is 2.27. The summed E-state index contributed by atoms with van der Waals surface area (Å²) in [4.78, 5) is 27.8. The predicted octanol–water partition coefficient (Wildman–Crippen LogP) is 1.58. The van der Waals surface area contributed by atoms with Crippen LogP contribution in [-0.4, -0.2) is 52.0 Å². The molecule has 1 amide bonds. The molecule has 0 aromatic heterocycles. The summed E-state index contributed by atoms with van der Waals surface area (Å²) < 4.78 is 0. The van der Waals surface area contributed by atoms with Crippen LogP contribution in [0.5, 0.6) is 0 Å². The lowest BCUT2D eigenvalue weighted by Gasteiger charge is -2.41. The van der Waals surface area contributed by atoms with Crippen molar-refractivity contribution in [2.75, 3.05) is 13.1 Å². The highest BCUT2D eigenvalue weighted by molar-refractivity contribution is 5.89. The number of hydrogen-bond acceptors (Lipinski definition) is 3. The fourth-order valence-corrected chi connectivity index (χ4v) is 3.43. The van der Waals surface area contributed by atoms with Crippen LogP contribution >= 0.6 is 0 Å². The van der Waals surface area contributed by atoms with E-state index in [1.165, 1.54) is 0 Å². The number of benzene rings is 1. The molecule has 2 fully saturated rings. The van der Waals surface area contributed by atoms with Gasteiger partial charge in [0.2, 0.25) is 5.91 Å². The number of fused-ring (bicyclic) bond motifs is 1. The molecule has 0 aliphatic carbocycles. The molecular formula is C16H20N2O3. The predicted molar refractivity (Wildman–Crippen MR) is 78.0 cm³/mol. The van der Waals surface area contributed by atoms with Gasteiger partial charge < -0.3 is 10.0 Å². The maximum absolute atomic E-state index is 12.4. The molecule has 2 heterocycles. The van der Waals surface area contributed by atoms with Crippen LogP contribution in [0.1, 0.15) is 35.7 Å². The Kier molecular flexibility index (Phi) is 3.68. The van der Waals surface area contributed by atoms with Crippen molar-refractivity contribution in [1.82, 2.24) is 9.80 Å². The highest BCUT2D eigenvalue weighted by atomic mass is 16.4. The molecule has 5 nitrogen and oxygen atoms in total. The number of carboxylic acid groups (broad SMARTS) is 1. The number of carbonyl (C=O) groups excluding carboxylic acids is 1. The van der Waals surface area contributed by atoms with Crippen molar-refractivity contribution in [2.24, 2.45) is 0 Å². The van der Waals surface area contributed by atoms with Gasteiger partial charge in [-0.3, -0.25) is 9.69 Å². The van der Waals surface area contributed by atoms with Gasteiger partial charge in [0.05, 0.1) is 11.6 Å². The number of carboxylic acids is 1. The Morgan fingerprint density at radius 1 is 1.38 bits per heavy atom. The summed E-state index contributed by atoms with van der Waals surface area (Å²) in [6, 6.07) is 7.15. The van der Waals surface area contributed by atoms with Crippen molar-refractivity contribution in [1.29, 1.82) is 0 Å². The van der Waals surface area contributed by atoms with E-state index >= 15 is 0 Å². The number of aromatic carboxylic acids is 1. The maximum Gasteiger partial charge on any atom is 0.336 e. The topological polar surface area (TPSA) is 60.9 Å². The van der Waals surface area contributed by atoms with E-state index < -0.39 is 5.97 Å². The molecule has 1 N–H and O–H groups in total. The zero-order valence-electron chi connectivity index (χ0n) is 12.2. The van der Waals surface area contributed by atoms with Gasteiger partial charge in [0.15, 0.2) is 0 Å². The monoisotopic (exact) mass is 288 g/mol. The third-order valence-corrected chi connectivity index (χ3v) is 4.63. The van der Waals surface area contributed by atoms with Gasteiger partial charge in [-0.2, -0.15) is 0 Å². The lowest BCUT2D eigenvalue weighted by Crippen LogP contribution is -2.58. The highest BCUT2D eigenvalue weighted by Gasteiger charge is 2.40. The van der Waals surface area contributed by atoms with Crippen LogP contribution < -0.4 is 0 Å². The largest absolute Gasteiger partial charge is 0.478 e. The standard InChI is InChI=1S/C16H20N2O3/c1-11-15(19)18-8-4-6-13(18)10-17(11)9-12-5-2-3-7-14(12)16(20)21/h2-3,5,7,11,13H,4,6,8-10H2,1H3,(H,20,21)/t11-,13+/m0/s1. The van der Waals surface area contributed by atoms with Crippen LogP contribution in [0.25, 0.3) is 0 Å². The Morgan fingerprint density at radius 3 is 2.90 bits per heavy atom. The normalized spacial score (nSPS) is 26.0. The van der Waals surface area contributed by atoms with Gasteiger partial charge in [-0.1, -0.05) is 18.2 Å². The van der Waals surface area contributed by atoms with Crippen molar-refractivity contribution in [3.63, 3.8) is 0 Å². The van der Waals surface area contributed by atoms with E-state index in [0.29, 0.717) is 18.2 Å². The Labute approximate surface area is 124 Å². The number of nitrogens with zero attached hydrogens (tertiary/aromatic N) is 2. The second kappa shape index (κ2) is 5.48. The van der Waals surface area contributed by atoms with Gasteiger partial charge in [-0.25, -0.2) is 4.79 Å². The van der Waals surface area contributed by atoms with Gasteiger partial charge in [-0.05, 0) is 31.4 Å². The summed E-state index contributed by atoms with van der Waals surface area (Å²) in [6.07, 6.45) is 2.12. The van der Waals surface area contributed by atoms with E-state index in [4.69, 9.17) is 0 Å². The molecule has 0 bridgehead atoms. The minimum atomic E-state index is -0.913. The lowest BCUT2D eigenvalue weighted by atomic mass is 10.0. The SMILES string of the molecule is C[C@H]1C(=O)N2CCC[C@@H]2CN1Cc1ccccc1C(=O)O. The summed E-state index contributed by atoms with van der Waals surface area (Å²) >= 11 is 0. The average molecular weight is 288 g/mol. The molecule has 5 heteroatoms. The molecule has 1 aromatic rings. The number of rotatable bonds is 3. The van der Waals surface area contributed by atoms with Gasteiger partial charge in [0, 0.05) is 25.7 Å². The quantitative estimate of drug-likeness (QED) is 0.917. The zero-order valence-corrected chi connectivity index (χ0v) is 12.2. The fourth-order valence-electron chi connectivity index (χ4n) is 3.43. The summed E-state index contributed by atoms with van der Waals surface area (Å²) in [5.74, 6) is -0.736. The smallest absolute Gasteiger partial charge is 0.336 e. The molecule has 2 aliphatic heterocycles. The molecule has 3 rings (SSSR count). The number of piperazine rings is 1. The van der Waals surface area contributed by atoms with Gasteiger partial charge in [-0.15, -0.1) is 0 Å². The van der Waals surface area contributed by atoms with Crippen LogP contribution in [0, 0.1) is 0 Å². The molecule has 0 radical (unpaired) electrons. The van der Waals surface area contributed by atoms with Crippen LogP contribution in [0.3, 0.4) is 0 Å². The summed E-state index contributed by atoms with van der Waals surface area (Å²) in [6.45, 7) is 4.13. The van der Waals surface area contributed by atoms with Crippen molar-refractivity contribution < 1.29 is 14.7 Å². The first kappa shape index (κ1) is 14.1. The van der Waals surface area contributed by atoms with Gasteiger partial charge in [0.25, 0.3) is 0 Å². The van der Waals surface area contributed by atoms with E-state index in [1.807, 2.05) is 24.0 Å². The fraction of sp³-hybridized carbons (Fsp3) is 0.500. The molecule has 0 saturated carbocycles. The number of carbonyl (C=O) groups is 2. The third kappa shape index (κ3) is 2.53. The van der Waals surface area contributed by atoms with Crippen LogP contribution in [0.4, 0.5) is 0 Å². The maximum atomic E-state index is 12.4. The van der Waals surface area contributed by atoms with E-state index in [2.05, 4.69) is 4.90 Å². The summed E-state index contributed by atoms with van der Waals surface area (Å²) in [5, 5.41) is 9.27. The van der Waals surface area contributed by atoms with Crippen molar-refractivity contribution in [3.05, 3.63) is 35.4 Å². The summed E-state index contributed by atoms with van der Waals surface area (Å²) in [5.41, 5.74) is 1.10. The second-order valence-electron chi connectivity index (χ2n) is 5.90. The molecule has 2 atom stereocenters. The zero-order chi connectivity index (χ0) is 15.0. The van der Waals surface area contributed by atoms with Crippen molar-refractivity contribution in [2.45, 2.75) is 38.4 Å². The van der Waals surface area contributed by atoms with Crippen molar-refractivity contribution >= 4 is 11.9 Å². The molecule has 0 unspecified atom stereocenters. The van der Waals surface area contributed by atoms with E-state index in [1.54, 1.807) is 12.1 Å². The molecule has 2 saturated heterocycles. The first-order valence-corrected chi connectivity index (χ1v) is 7.43. The molecule has 2 aliphatic rings. The minimum Gasteiger partial charge on any atom is -0.478 e. The van der Waals surface area contributed by atoms with E-state index in [0.717, 1.165) is 31.5 Å². The van der Waals surface area contributed by atoms with Crippen LogP contribution in [-0.2, 0) is 11.3 Å². The first-order chi connectivity index (χ1) is 10.1. The number of amides is 1. The van der Waals surface area contributed by atoms with Gasteiger partial charge in [0.1, 0.15) is 0 Å². The molecule has 1 aromatic carbocycles. The first-order valence-electron chi connectivity index (χ1n) is 7.43. The van der Waals surface area contributed by atoms with Gasteiger partial charge >= 0.3 is 5.97 Å². The Hall–Kier alpha value is -1.88. The Morgan fingerprint density at radius 2 is 2.14 bits per heavy atom.